The van der Waals surface area contributed by atoms with Crippen molar-refractivity contribution in [2.75, 3.05) is 19.6 Å². The molecule has 2 aliphatic heterocycles. The second-order valence-corrected chi connectivity index (χ2v) is 3.61. The molecular formula is C8H12N4O3. The Bertz CT molecular complexity index is 330. The van der Waals surface area contributed by atoms with Gasteiger partial charge in [0.15, 0.2) is 0 Å². The lowest BCUT2D eigenvalue weighted by Crippen LogP contribution is -2.47. The molecule has 4 N–H and O–H groups in total. The number of carbonyl (C=O) groups is 3. The van der Waals surface area contributed by atoms with Crippen LogP contribution in [0.1, 0.15) is 0 Å². The molecule has 7 heteroatoms. The monoisotopic (exact) mass is 212 g/mol. The Morgan fingerprint density at radius 3 is 2.80 bits per heavy atom. The highest BCUT2D eigenvalue weighted by molar-refractivity contribution is 6.35. The molecule has 2 unspecified atom stereocenters. The Balaban J connectivity index is 2.12. The van der Waals surface area contributed by atoms with Gasteiger partial charge in [0.25, 0.3) is 0 Å². The number of nitrogens with zero attached hydrogens (tertiary/aromatic N) is 1. The van der Waals surface area contributed by atoms with Gasteiger partial charge in [-0.1, -0.05) is 0 Å². The summed E-state index contributed by atoms with van der Waals surface area (Å²) in [5.74, 6) is -1.70. The van der Waals surface area contributed by atoms with Crippen molar-refractivity contribution in [3.63, 3.8) is 0 Å². The number of fused-ring (bicyclic) bond motifs is 1. The number of hydrogen-bond acceptors (Lipinski definition) is 4. The summed E-state index contributed by atoms with van der Waals surface area (Å²) in [5, 5.41) is 5.36. The van der Waals surface area contributed by atoms with Gasteiger partial charge < -0.3 is 21.3 Å². The summed E-state index contributed by atoms with van der Waals surface area (Å²) in [7, 11) is 0. The molecule has 0 spiro atoms. The molecule has 0 aliphatic carbocycles. The molecule has 0 bridgehead atoms. The van der Waals surface area contributed by atoms with E-state index in [1.54, 1.807) is 0 Å². The second kappa shape index (κ2) is 3.50. The van der Waals surface area contributed by atoms with E-state index >= 15 is 0 Å². The lowest BCUT2D eigenvalue weighted by molar-refractivity contribution is -0.142. The van der Waals surface area contributed by atoms with Crippen molar-refractivity contribution in [3.8, 4) is 0 Å². The number of hydrogen-bond donors (Lipinski definition) is 3. The van der Waals surface area contributed by atoms with E-state index in [2.05, 4.69) is 10.6 Å². The van der Waals surface area contributed by atoms with Crippen LogP contribution < -0.4 is 16.4 Å². The van der Waals surface area contributed by atoms with Crippen molar-refractivity contribution in [1.29, 1.82) is 0 Å². The zero-order valence-electron chi connectivity index (χ0n) is 8.03. The van der Waals surface area contributed by atoms with Crippen LogP contribution in [0.2, 0.25) is 0 Å². The van der Waals surface area contributed by atoms with E-state index in [9.17, 15) is 14.4 Å². The molecule has 2 heterocycles. The molecule has 2 fully saturated rings. The Hall–Kier alpha value is -1.63. The fourth-order valence-electron chi connectivity index (χ4n) is 1.71. The van der Waals surface area contributed by atoms with Crippen LogP contribution in [0.4, 0.5) is 0 Å². The molecule has 2 saturated heterocycles. The molecule has 7 nitrogen and oxygen atoms in total. The molecule has 0 aromatic heterocycles. The molecule has 0 aromatic carbocycles. The fourth-order valence-corrected chi connectivity index (χ4v) is 1.71. The number of nitrogens with one attached hydrogen (secondary N) is 2. The van der Waals surface area contributed by atoms with Crippen molar-refractivity contribution < 1.29 is 14.4 Å². The third kappa shape index (κ3) is 1.78. The van der Waals surface area contributed by atoms with Crippen LogP contribution in [0.15, 0.2) is 0 Å². The van der Waals surface area contributed by atoms with Gasteiger partial charge in [0.1, 0.15) is 6.04 Å². The van der Waals surface area contributed by atoms with Gasteiger partial charge in [-0.15, -0.1) is 0 Å². The second-order valence-electron chi connectivity index (χ2n) is 3.61. The SMILES string of the molecule is NC(=O)C1NCCNC(=O)C(=O)N2CC12. The van der Waals surface area contributed by atoms with Crippen LogP contribution in [-0.4, -0.2) is 54.3 Å². The minimum atomic E-state index is -0.621. The summed E-state index contributed by atoms with van der Waals surface area (Å²) < 4.78 is 0. The Morgan fingerprint density at radius 2 is 2.13 bits per heavy atom. The molecule has 2 atom stereocenters. The Kier molecular flexibility index (Phi) is 2.31. The number of nitrogens with two attached hydrogens (primary N) is 1. The first-order valence-electron chi connectivity index (χ1n) is 4.73. The molecule has 2 aliphatic rings. The van der Waals surface area contributed by atoms with Crippen molar-refractivity contribution >= 4 is 17.7 Å². The van der Waals surface area contributed by atoms with Crippen LogP contribution in [0.25, 0.3) is 0 Å². The molecule has 2 rings (SSSR count). The van der Waals surface area contributed by atoms with E-state index in [1.165, 1.54) is 4.90 Å². The van der Waals surface area contributed by atoms with E-state index in [4.69, 9.17) is 5.73 Å². The quantitative estimate of drug-likeness (QED) is 0.314. The van der Waals surface area contributed by atoms with E-state index in [0.29, 0.717) is 19.6 Å². The summed E-state index contributed by atoms with van der Waals surface area (Å²) in [4.78, 5) is 35.0. The Morgan fingerprint density at radius 1 is 1.40 bits per heavy atom. The van der Waals surface area contributed by atoms with Crippen molar-refractivity contribution in [1.82, 2.24) is 15.5 Å². The largest absolute Gasteiger partial charge is 0.368 e. The van der Waals surface area contributed by atoms with E-state index in [0.717, 1.165) is 0 Å². The summed E-state index contributed by atoms with van der Waals surface area (Å²) in [5.41, 5.74) is 5.19. The zero-order chi connectivity index (χ0) is 11.0. The number of amides is 3. The standard InChI is InChI=1S/C8H12N4O3/c9-6(13)5-4-3-12(4)8(15)7(14)11-2-1-10-5/h4-5,10H,1-3H2,(H2,9,13)(H,11,14). The highest BCUT2D eigenvalue weighted by atomic mass is 16.2. The summed E-state index contributed by atoms with van der Waals surface area (Å²) in [6, 6.07) is -0.819. The topological polar surface area (TPSA) is 104 Å². The zero-order valence-corrected chi connectivity index (χ0v) is 8.03. The van der Waals surface area contributed by atoms with Crippen molar-refractivity contribution in [2.24, 2.45) is 5.73 Å². The number of carbonyl (C=O) groups excluding carboxylic acids is 3. The summed E-state index contributed by atoms with van der Waals surface area (Å²) >= 11 is 0. The smallest absolute Gasteiger partial charge is 0.312 e. The molecular weight excluding hydrogens is 200 g/mol. The predicted octanol–water partition coefficient (Wildman–Crippen LogP) is -3.23. The van der Waals surface area contributed by atoms with Crippen molar-refractivity contribution in [3.05, 3.63) is 0 Å². The highest BCUT2D eigenvalue weighted by Gasteiger charge is 2.48. The van der Waals surface area contributed by atoms with Crippen LogP contribution in [0.3, 0.4) is 0 Å². The average molecular weight is 212 g/mol. The predicted molar refractivity (Wildman–Crippen MR) is 49.5 cm³/mol. The Labute approximate surface area is 86.0 Å². The molecule has 82 valence electrons. The molecule has 0 aromatic rings. The number of primary amides is 1. The van der Waals surface area contributed by atoms with Gasteiger partial charge in [-0.2, -0.15) is 0 Å². The third-order valence-corrected chi connectivity index (χ3v) is 2.57. The van der Waals surface area contributed by atoms with Gasteiger partial charge >= 0.3 is 11.8 Å². The lowest BCUT2D eigenvalue weighted by atomic mass is 10.2. The first-order chi connectivity index (χ1) is 7.11. The molecule has 0 radical (unpaired) electrons. The minimum absolute atomic E-state index is 0.265. The summed E-state index contributed by atoms with van der Waals surface area (Å²) in [6.45, 7) is 1.15. The number of rotatable bonds is 1. The van der Waals surface area contributed by atoms with Gasteiger partial charge in [-0.25, -0.2) is 0 Å². The minimum Gasteiger partial charge on any atom is -0.368 e. The van der Waals surface area contributed by atoms with Gasteiger partial charge in [0, 0.05) is 19.6 Å². The lowest BCUT2D eigenvalue weighted by Gasteiger charge is -2.12. The van der Waals surface area contributed by atoms with Gasteiger partial charge in [-0.3, -0.25) is 14.4 Å². The third-order valence-electron chi connectivity index (χ3n) is 2.57. The molecule has 0 saturated carbocycles. The van der Waals surface area contributed by atoms with E-state index in [-0.39, 0.29) is 6.04 Å². The summed E-state index contributed by atoms with van der Waals surface area (Å²) in [6.07, 6.45) is 0. The fraction of sp³-hybridized carbons (Fsp3) is 0.625. The molecule has 3 amide bonds. The maximum Gasteiger partial charge on any atom is 0.312 e. The van der Waals surface area contributed by atoms with Crippen LogP contribution >= 0.6 is 0 Å². The maximum absolute atomic E-state index is 11.4. The van der Waals surface area contributed by atoms with Crippen molar-refractivity contribution in [2.45, 2.75) is 12.1 Å². The van der Waals surface area contributed by atoms with Crippen LogP contribution in [0.5, 0.6) is 0 Å². The van der Waals surface area contributed by atoms with Gasteiger partial charge in [0.05, 0.1) is 6.04 Å². The maximum atomic E-state index is 11.4. The van der Waals surface area contributed by atoms with Crippen LogP contribution in [0, 0.1) is 0 Å². The van der Waals surface area contributed by atoms with Gasteiger partial charge in [-0.05, 0) is 0 Å². The van der Waals surface area contributed by atoms with E-state index in [1.807, 2.05) is 0 Å². The average Bonchev–Trinajstić information content (AvgIpc) is 2.94. The van der Waals surface area contributed by atoms with E-state index < -0.39 is 23.8 Å². The first kappa shape index (κ1) is 9.91. The normalized spacial score (nSPS) is 30.8. The molecule has 15 heavy (non-hydrogen) atoms. The highest BCUT2D eigenvalue weighted by Crippen LogP contribution is 2.21. The van der Waals surface area contributed by atoms with Gasteiger partial charge in [0.2, 0.25) is 5.91 Å². The van der Waals surface area contributed by atoms with Crippen LogP contribution in [-0.2, 0) is 14.4 Å². The first-order valence-corrected chi connectivity index (χ1v) is 4.73.